The quantitative estimate of drug-likeness (QED) is 0.551. The van der Waals surface area contributed by atoms with Crippen molar-refractivity contribution in [1.82, 2.24) is 15.2 Å². The summed E-state index contributed by atoms with van der Waals surface area (Å²) in [5, 5.41) is 8.22. The normalized spacial score (nSPS) is 18.1. The third-order valence-electron chi connectivity index (χ3n) is 5.60. The van der Waals surface area contributed by atoms with Gasteiger partial charge in [-0.3, -0.25) is 19.5 Å². The number of amides is 1. The summed E-state index contributed by atoms with van der Waals surface area (Å²) >= 11 is 0. The topological polar surface area (TPSA) is 107 Å². The molecule has 3 heterocycles. The number of aromatic nitrogens is 3. The van der Waals surface area contributed by atoms with E-state index in [9.17, 15) is 9.59 Å². The molecular formula is C23H20N5O2+. The number of anilines is 2. The van der Waals surface area contributed by atoms with E-state index in [1.165, 1.54) is 0 Å². The van der Waals surface area contributed by atoms with Crippen LogP contribution in [0.2, 0.25) is 0 Å². The van der Waals surface area contributed by atoms with Gasteiger partial charge >= 0.3 is 0 Å². The molecule has 1 aliphatic heterocycles. The first-order chi connectivity index (χ1) is 14.5. The van der Waals surface area contributed by atoms with Crippen LogP contribution in [0.15, 0.2) is 71.8 Å². The maximum atomic E-state index is 13.1. The van der Waals surface area contributed by atoms with Gasteiger partial charge in [-0.25, -0.2) is 5.10 Å². The Kier molecular flexibility index (Phi) is 4.01. The van der Waals surface area contributed by atoms with E-state index < -0.39 is 5.54 Å². The van der Waals surface area contributed by atoms with E-state index in [0.29, 0.717) is 17.5 Å². The van der Waals surface area contributed by atoms with Gasteiger partial charge < -0.3 is 5.73 Å². The molecule has 4 N–H and O–H groups in total. The van der Waals surface area contributed by atoms with Crippen LogP contribution in [0.5, 0.6) is 0 Å². The molecule has 2 aromatic carbocycles. The molecule has 0 radical (unpaired) electrons. The monoisotopic (exact) mass is 398 g/mol. The lowest BCUT2D eigenvalue weighted by molar-refractivity contribution is -0.458. The number of nitrogens with one attached hydrogen (secondary N) is 1. The van der Waals surface area contributed by atoms with Crippen molar-refractivity contribution in [2.24, 2.45) is 0 Å². The molecule has 0 bridgehead atoms. The van der Waals surface area contributed by atoms with Gasteiger partial charge in [0, 0.05) is 30.5 Å². The van der Waals surface area contributed by atoms with Gasteiger partial charge in [0.05, 0.1) is 28.7 Å². The Morgan fingerprint density at radius 2 is 1.77 bits per heavy atom. The number of H-pyrrole nitrogens is 1. The lowest BCUT2D eigenvalue weighted by atomic mass is 9.95. The molecule has 1 unspecified atom stereocenters. The highest BCUT2D eigenvalue weighted by Crippen LogP contribution is 2.41. The Labute approximate surface area is 172 Å². The first-order valence-corrected chi connectivity index (χ1v) is 9.66. The molecule has 148 valence electrons. The van der Waals surface area contributed by atoms with E-state index in [4.69, 9.17) is 0 Å². The highest BCUT2D eigenvalue weighted by atomic mass is 16.2. The van der Waals surface area contributed by atoms with Gasteiger partial charge in [0.25, 0.3) is 11.5 Å². The molecule has 5 rings (SSSR count). The van der Waals surface area contributed by atoms with Crippen molar-refractivity contribution in [2.75, 3.05) is 4.90 Å². The summed E-state index contributed by atoms with van der Waals surface area (Å²) < 4.78 is 0. The summed E-state index contributed by atoms with van der Waals surface area (Å²) in [6, 6.07) is 17.0. The highest BCUT2D eigenvalue weighted by molar-refractivity contribution is 6.11. The third-order valence-corrected chi connectivity index (χ3v) is 5.60. The van der Waals surface area contributed by atoms with Gasteiger partial charge in [0.2, 0.25) is 0 Å². The molecule has 1 aliphatic rings. The zero-order valence-corrected chi connectivity index (χ0v) is 16.4. The number of hydrogen-bond donors (Lipinski definition) is 2. The average molecular weight is 398 g/mol. The lowest BCUT2D eigenvalue weighted by Gasteiger charge is -2.19. The van der Waals surface area contributed by atoms with Crippen LogP contribution in [0.4, 0.5) is 11.4 Å². The smallest absolute Gasteiger partial charge is 0.297 e. The second-order valence-electron chi connectivity index (χ2n) is 7.76. The Balaban J connectivity index is 1.56. The minimum atomic E-state index is -0.844. The van der Waals surface area contributed by atoms with Crippen molar-refractivity contribution in [2.45, 2.75) is 18.9 Å². The summed E-state index contributed by atoms with van der Waals surface area (Å²) in [5.41, 5.74) is 7.14. The Morgan fingerprint density at radius 3 is 2.60 bits per heavy atom. The predicted octanol–water partition coefficient (Wildman–Crippen LogP) is 2.04. The average Bonchev–Trinajstić information content (AvgIpc) is 2.96. The van der Waals surface area contributed by atoms with E-state index in [1.54, 1.807) is 23.4 Å². The van der Waals surface area contributed by atoms with Gasteiger partial charge in [-0.2, -0.15) is 5.10 Å². The summed E-state index contributed by atoms with van der Waals surface area (Å²) in [6.07, 6.45) is 3.91. The van der Waals surface area contributed by atoms with E-state index in [-0.39, 0.29) is 11.5 Å². The molecule has 1 atom stereocenters. The third kappa shape index (κ3) is 2.71. The molecule has 7 nitrogen and oxygen atoms in total. The minimum absolute atomic E-state index is 0.0877. The number of fused-ring (bicyclic) bond motifs is 2. The number of benzene rings is 2. The van der Waals surface area contributed by atoms with Crippen molar-refractivity contribution < 1.29 is 10.5 Å². The number of aromatic amines is 1. The van der Waals surface area contributed by atoms with Crippen molar-refractivity contribution in [3.63, 3.8) is 0 Å². The molecule has 7 heteroatoms. The molecule has 0 spiro atoms. The largest absolute Gasteiger partial charge is 0.341 e. The van der Waals surface area contributed by atoms with Crippen LogP contribution in [0.3, 0.4) is 0 Å². The van der Waals surface area contributed by atoms with Gasteiger partial charge in [-0.15, -0.1) is 0 Å². The summed E-state index contributed by atoms with van der Waals surface area (Å²) in [4.78, 5) is 31.2. The van der Waals surface area contributed by atoms with E-state index in [2.05, 4.69) is 20.9 Å². The fourth-order valence-electron chi connectivity index (χ4n) is 4.06. The number of nitrogens with zero attached hydrogens (tertiary/aromatic N) is 3. The van der Waals surface area contributed by atoms with Gasteiger partial charge in [-0.1, -0.05) is 36.4 Å². The number of hydrogen-bond acceptors (Lipinski definition) is 4. The zero-order chi connectivity index (χ0) is 20.9. The van der Waals surface area contributed by atoms with Crippen LogP contribution in [-0.2, 0) is 16.8 Å². The van der Waals surface area contributed by atoms with Crippen LogP contribution in [0.1, 0.15) is 23.7 Å². The minimum Gasteiger partial charge on any atom is -0.341 e. The van der Waals surface area contributed by atoms with Crippen LogP contribution in [0.25, 0.3) is 10.8 Å². The Morgan fingerprint density at radius 1 is 1.03 bits per heavy atom. The Hall–Kier alpha value is -3.84. The number of carbonyl (C=O) groups excluding carboxylic acids is 1. The standard InChI is InChI=1S/C23H19N5O2/c1-23(24)18-8-4-5-9-20(18)28(22(23)30)15-10-14(12-25-13-15)11-19-16-6-2-3-7-17(16)21(29)27-26-19/h2-10,12-13H,11,24H2,1H3,(H,27,29)/p+1. The zero-order valence-electron chi connectivity index (χ0n) is 16.4. The fraction of sp³-hybridized carbons (Fsp3) is 0.130. The molecule has 0 fully saturated rings. The molecule has 0 aliphatic carbocycles. The van der Waals surface area contributed by atoms with Crippen molar-refractivity contribution in [1.29, 1.82) is 0 Å². The first-order valence-electron chi connectivity index (χ1n) is 9.66. The molecular weight excluding hydrogens is 378 g/mol. The fourth-order valence-corrected chi connectivity index (χ4v) is 4.06. The highest BCUT2D eigenvalue weighted by Gasteiger charge is 2.48. The lowest BCUT2D eigenvalue weighted by Crippen LogP contribution is -2.72. The van der Waals surface area contributed by atoms with Gasteiger partial charge in [-0.05, 0) is 23.8 Å². The first kappa shape index (κ1) is 18.2. The summed E-state index contributed by atoms with van der Waals surface area (Å²) in [6.45, 7) is 1.84. The number of pyridine rings is 1. The molecule has 1 amide bonds. The summed E-state index contributed by atoms with van der Waals surface area (Å²) in [7, 11) is 0. The van der Waals surface area contributed by atoms with Crippen LogP contribution in [0, 0.1) is 0 Å². The van der Waals surface area contributed by atoms with E-state index in [0.717, 1.165) is 27.9 Å². The summed E-state index contributed by atoms with van der Waals surface area (Å²) in [5.74, 6) is -0.0877. The maximum Gasteiger partial charge on any atom is 0.297 e. The van der Waals surface area contributed by atoms with Gasteiger partial charge in [0.15, 0.2) is 5.54 Å². The number of para-hydroxylation sites is 1. The Bertz CT molecular complexity index is 1360. The number of rotatable bonds is 3. The van der Waals surface area contributed by atoms with Crippen molar-refractivity contribution >= 4 is 28.1 Å². The maximum absolute atomic E-state index is 13.1. The second-order valence-corrected chi connectivity index (χ2v) is 7.76. The van der Waals surface area contributed by atoms with Crippen LogP contribution >= 0.6 is 0 Å². The molecule has 0 saturated carbocycles. The van der Waals surface area contributed by atoms with E-state index >= 15 is 0 Å². The van der Waals surface area contributed by atoms with E-state index in [1.807, 2.05) is 55.5 Å². The molecule has 2 aromatic heterocycles. The number of carbonyl (C=O) groups is 1. The molecule has 30 heavy (non-hydrogen) atoms. The number of quaternary nitrogens is 1. The molecule has 0 saturated heterocycles. The predicted molar refractivity (Wildman–Crippen MR) is 113 cm³/mol. The SMILES string of the molecule is CC1([NH3+])C(=O)N(c2cncc(Cc3n[nH]c(=O)c4ccccc34)c2)c2ccccc21. The van der Waals surface area contributed by atoms with Gasteiger partial charge in [0.1, 0.15) is 0 Å². The van der Waals surface area contributed by atoms with Crippen LogP contribution in [-0.4, -0.2) is 21.1 Å². The van der Waals surface area contributed by atoms with Crippen LogP contribution < -0.4 is 16.2 Å². The molecule has 4 aromatic rings. The second kappa shape index (κ2) is 6.60. The van der Waals surface area contributed by atoms with Crippen molar-refractivity contribution in [3.05, 3.63) is 94.2 Å². The van der Waals surface area contributed by atoms with Crippen molar-refractivity contribution in [3.8, 4) is 0 Å².